The fourth-order valence-corrected chi connectivity index (χ4v) is 2.45. The number of H-pyrrole nitrogens is 1. The van der Waals surface area contributed by atoms with Crippen LogP contribution in [-0.4, -0.2) is 47.1 Å². The highest BCUT2D eigenvalue weighted by molar-refractivity contribution is 5.79. The smallest absolute Gasteiger partial charge is 0.254 e. The van der Waals surface area contributed by atoms with Crippen molar-refractivity contribution < 1.29 is 9.53 Å². The maximum atomic E-state index is 12.2. The molecule has 0 aromatic carbocycles. The summed E-state index contributed by atoms with van der Waals surface area (Å²) in [6, 6.07) is 0. The number of methoxy groups -OCH3 is 1. The van der Waals surface area contributed by atoms with E-state index in [1.54, 1.807) is 18.9 Å². The summed E-state index contributed by atoms with van der Waals surface area (Å²) in [5.74, 6) is 0.619. The van der Waals surface area contributed by atoms with Crippen LogP contribution in [0.1, 0.15) is 30.4 Å². The number of aromatic nitrogens is 2. The minimum absolute atomic E-state index is 0.0378. The molecule has 0 saturated carbocycles. The zero-order chi connectivity index (χ0) is 14.7. The van der Waals surface area contributed by atoms with Crippen molar-refractivity contribution in [3.05, 3.63) is 27.4 Å². The lowest BCUT2D eigenvalue weighted by molar-refractivity contribution is -0.129. The van der Waals surface area contributed by atoms with Crippen LogP contribution in [0.2, 0.25) is 0 Å². The first-order valence-corrected chi connectivity index (χ1v) is 6.94. The first kappa shape index (κ1) is 14.7. The second kappa shape index (κ2) is 6.17. The third-order valence-electron chi connectivity index (χ3n) is 3.77. The van der Waals surface area contributed by atoms with Gasteiger partial charge in [-0.1, -0.05) is 6.92 Å². The van der Waals surface area contributed by atoms with Gasteiger partial charge in [0, 0.05) is 37.9 Å². The Bertz CT molecular complexity index is 553. The highest BCUT2D eigenvalue weighted by Gasteiger charge is 2.26. The predicted octanol–water partition coefficient (Wildman–Crippen LogP) is 0.431. The van der Waals surface area contributed by atoms with Crippen LogP contribution < -0.4 is 5.56 Å². The predicted molar refractivity (Wildman–Crippen MR) is 74.7 cm³/mol. The van der Waals surface area contributed by atoms with Gasteiger partial charge in [-0.05, 0) is 13.3 Å². The van der Waals surface area contributed by atoms with Crippen molar-refractivity contribution in [2.24, 2.45) is 0 Å². The van der Waals surface area contributed by atoms with E-state index in [2.05, 4.69) is 9.97 Å². The number of hydrogen-bond donors (Lipinski definition) is 1. The van der Waals surface area contributed by atoms with Crippen molar-refractivity contribution in [2.75, 3.05) is 20.2 Å². The molecule has 1 aliphatic heterocycles. The minimum Gasteiger partial charge on any atom is -0.380 e. The maximum absolute atomic E-state index is 12.2. The fraction of sp³-hybridized carbons (Fsp3) is 0.643. The maximum Gasteiger partial charge on any atom is 0.254 e. The average molecular weight is 279 g/mol. The fourth-order valence-electron chi connectivity index (χ4n) is 2.45. The van der Waals surface area contributed by atoms with Gasteiger partial charge in [-0.3, -0.25) is 9.59 Å². The van der Waals surface area contributed by atoms with Crippen LogP contribution in [0.25, 0.3) is 0 Å². The van der Waals surface area contributed by atoms with E-state index in [-0.39, 0.29) is 24.0 Å². The molecule has 0 spiro atoms. The van der Waals surface area contributed by atoms with Crippen LogP contribution in [0.5, 0.6) is 0 Å². The van der Waals surface area contributed by atoms with Crippen LogP contribution >= 0.6 is 0 Å². The molecule has 20 heavy (non-hydrogen) atoms. The van der Waals surface area contributed by atoms with Crippen molar-refractivity contribution in [3.8, 4) is 0 Å². The van der Waals surface area contributed by atoms with Gasteiger partial charge in [-0.2, -0.15) is 0 Å². The van der Waals surface area contributed by atoms with E-state index in [9.17, 15) is 9.59 Å². The van der Waals surface area contributed by atoms with E-state index < -0.39 is 0 Å². The molecule has 1 N–H and O–H groups in total. The topological polar surface area (TPSA) is 75.3 Å². The average Bonchev–Trinajstić information content (AvgIpc) is 2.91. The first-order valence-electron chi connectivity index (χ1n) is 6.94. The molecule has 0 bridgehead atoms. The van der Waals surface area contributed by atoms with Gasteiger partial charge in [-0.15, -0.1) is 0 Å². The molecule has 1 aromatic heterocycles. The molecule has 0 unspecified atom stereocenters. The normalized spacial score (nSPS) is 18.6. The molecule has 1 fully saturated rings. The van der Waals surface area contributed by atoms with E-state index in [1.807, 2.05) is 6.92 Å². The Labute approximate surface area is 118 Å². The van der Waals surface area contributed by atoms with Crippen LogP contribution in [0.15, 0.2) is 4.79 Å². The zero-order valence-electron chi connectivity index (χ0n) is 12.2. The summed E-state index contributed by atoms with van der Waals surface area (Å²) in [7, 11) is 1.65. The van der Waals surface area contributed by atoms with Crippen molar-refractivity contribution in [1.29, 1.82) is 0 Å². The van der Waals surface area contributed by atoms with E-state index in [1.165, 1.54) is 0 Å². The third kappa shape index (κ3) is 3.07. The van der Waals surface area contributed by atoms with Gasteiger partial charge >= 0.3 is 0 Å². The van der Waals surface area contributed by atoms with Gasteiger partial charge in [-0.25, -0.2) is 4.98 Å². The summed E-state index contributed by atoms with van der Waals surface area (Å²) in [5.41, 5.74) is 0.902. The molecule has 1 saturated heterocycles. The monoisotopic (exact) mass is 279 g/mol. The summed E-state index contributed by atoms with van der Waals surface area (Å²) in [4.78, 5) is 33.0. The number of carbonyl (C=O) groups is 1. The van der Waals surface area contributed by atoms with Crippen molar-refractivity contribution in [2.45, 2.75) is 39.2 Å². The van der Waals surface area contributed by atoms with Crippen molar-refractivity contribution in [1.82, 2.24) is 14.9 Å². The first-order chi connectivity index (χ1) is 9.55. The SMILES string of the molecule is CCc1nc(C)c(CC(=O)N2CC[C@@H](OC)C2)c(=O)[nH]1. The lowest BCUT2D eigenvalue weighted by Gasteiger charge is -2.16. The number of likely N-dealkylation sites (tertiary alicyclic amines) is 1. The number of nitrogens with zero attached hydrogens (tertiary/aromatic N) is 2. The zero-order valence-corrected chi connectivity index (χ0v) is 12.2. The molecule has 110 valence electrons. The van der Waals surface area contributed by atoms with Gasteiger partial charge in [0.25, 0.3) is 5.56 Å². The molecule has 6 heteroatoms. The Kier molecular flexibility index (Phi) is 4.54. The quantitative estimate of drug-likeness (QED) is 0.867. The number of ether oxygens (including phenoxy) is 1. The minimum atomic E-state index is -0.204. The number of amides is 1. The molecule has 2 heterocycles. The molecule has 1 atom stereocenters. The van der Waals surface area contributed by atoms with Gasteiger partial charge in [0.2, 0.25) is 5.91 Å². The number of aryl methyl sites for hydroxylation is 2. The number of nitrogens with one attached hydrogen (secondary N) is 1. The van der Waals surface area contributed by atoms with E-state index in [4.69, 9.17) is 4.74 Å². The van der Waals surface area contributed by atoms with Gasteiger partial charge in [0.1, 0.15) is 5.82 Å². The molecule has 2 rings (SSSR count). The Hall–Kier alpha value is -1.69. The highest BCUT2D eigenvalue weighted by Crippen LogP contribution is 2.13. The summed E-state index contributed by atoms with van der Waals surface area (Å²) in [6.07, 6.45) is 1.74. The van der Waals surface area contributed by atoms with E-state index in [0.717, 1.165) is 6.42 Å². The lowest BCUT2D eigenvalue weighted by atomic mass is 10.1. The largest absolute Gasteiger partial charge is 0.380 e. The Morgan fingerprint density at radius 3 is 2.85 bits per heavy atom. The van der Waals surface area contributed by atoms with Crippen LogP contribution in [0.3, 0.4) is 0 Å². The number of hydrogen-bond acceptors (Lipinski definition) is 4. The molecular formula is C14H21N3O3. The molecular weight excluding hydrogens is 258 g/mol. The molecule has 6 nitrogen and oxygen atoms in total. The standard InChI is InChI=1S/C14H21N3O3/c1-4-12-15-9(2)11(14(19)16-12)7-13(18)17-6-5-10(8-17)20-3/h10H,4-8H2,1-3H3,(H,15,16,19)/t10-/m1/s1. The second-order valence-electron chi connectivity index (χ2n) is 5.09. The Morgan fingerprint density at radius 2 is 2.30 bits per heavy atom. The Balaban J connectivity index is 2.11. The molecule has 0 radical (unpaired) electrons. The summed E-state index contributed by atoms with van der Waals surface area (Å²) in [5, 5.41) is 0. The van der Waals surface area contributed by atoms with E-state index in [0.29, 0.717) is 36.6 Å². The molecule has 1 aliphatic rings. The second-order valence-corrected chi connectivity index (χ2v) is 5.09. The van der Waals surface area contributed by atoms with Gasteiger partial charge < -0.3 is 14.6 Å². The third-order valence-corrected chi connectivity index (χ3v) is 3.77. The Morgan fingerprint density at radius 1 is 1.55 bits per heavy atom. The van der Waals surface area contributed by atoms with Crippen LogP contribution in [0.4, 0.5) is 0 Å². The molecule has 1 amide bonds. The number of carbonyl (C=O) groups excluding carboxylic acids is 1. The van der Waals surface area contributed by atoms with Crippen LogP contribution in [0, 0.1) is 6.92 Å². The van der Waals surface area contributed by atoms with Gasteiger partial charge in [0.05, 0.1) is 12.5 Å². The molecule has 1 aromatic rings. The van der Waals surface area contributed by atoms with Crippen molar-refractivity contribution >= 4 is 5.91 Å². The highest BCUT2D eigenvalue weighted by atomic mass is 16.5. The lowest BCUT2D eigenvalue weighted by Crippen LogP contribution is -2.33. The van der Waals surface area contributed by atoms with Crippen LogP contribution in [-0.2, 0) is 22.4 Å². The number of aromatic amines is 1. The van der Waals surface area contributed by atoms with Gasteiger partial charge in [0.15, 0.2) is 0 Å². The summed E-state index contributed by atoms with van der Waals surface area (Å²) >= 11 is 0. The summed E-state index contributed by atoms with van der Waals surface area (Å²) in [6.45, 7) is 5.00. The molecule has 0 aliphatic carbocycles. The van der Waals surface area contributed by atoms with Crippen molar-refractivity contribution in [3.63, 3.8) is 0 Å². The number of rotatable bonds is 4. The van der Waals surface area contributed by atoms with E-state index >= 15 is 0 Å². The summed E-state index contributed by atoms with van der Waals surface area (Å²) < 4.78 is 5.25.